The van der Waals surface area contributed by atoms with Crippen LogP contribution < -0.4 is 5.32 Å². The average molecular weight is 489 g/mol. The zero-order valence-corrected chi connectivity index (χ0v) is 19.9. The maximum absolute atomic E-state index is 13.0. The van der Waals surface area contributed by atoms with Crippen molar-refractivity contribution in [2.75, 3.05) is 11.9 Å². The number of benzene rings is 2. The van der Waals surface area contributed by atoms with Gasteiger partial charge in [0.25, 0.3) is 0 Å². The average Bonchev–Trinajstić information content (AvgIpc) is 3.62. The SMILES string of the molecule is CC(=O)c1cc2cc(-c3csc(NC(=O)[C@H]4CCCN4C(=O)OCc4ccccc4)n3)ccc2[nH]1. The van der Waals surface area contributed by atoms with Crippen molar-refractivity contribution in [2.45, 2.75) is 32.4 Å². The van der Waals surface area contributed by atoms with Gasteiger partial charge in [0.2, 0.25) is 5.91 Å². The zero-order chi connectivity index (χ0) is 24.4. The highest BCUT2D eigenvalue weighted by Gasteiger charge is 2.35. The summed E-state index contributed by atoms with van der Waals surface area (Å²) in [5, 5.41) is 6.11. The molecule has 0 bridgehead atoms. The van der Waals surface area contributed by atoms with Crippen LogP contribution in [-0.4, -0.2) is 45.2 Å². The third-order valence-electron chi connectivity index (χ3n) is 6.03. The molecule has 1 atom stereocenters. The lowest BCUT2D eigenvalue weighted by molar-refractivity contribution is -0.120. The molecule has 1 fully saturated rings. The monoisotopic (exact) mass is 488 g/mol. The summed E-state index contributed by atoms with van der Waals surface area (Å²) in [7, 11) is 0. The number of anilines is 1. The Morgan fingerprint density at radius 1 is 1.17 bits per heavy atom. The van der Waals surface area contributed by atoms with Crippen molar-refractivity contribution in [3.05, 3.63) is 71.2 Å². The number of fused-ring (bicyclic) bond motifs is 1. The number of Topliss-reactive ketones (excluding diaryl/α,β-unsaturated/α-hetero) is 1. The number of nitrogens with zero attached hydrogens (tertiary/aromatic N) is 2. The number of likely N-dealkylation sites (tertiary alicyclic amines) is 1. The van der Waals surface area contributed by atoms with Crippen molar-refractivity contribution in [3.8, 4) is 11.3 Å². The predicted molar refractivity (Wildman–Crippen MR) is 134 cm³/mol. The second kappa shape index (κ2) is 9.71. The van der Waals surface area contributed by atoms with Crippen LogP contribution in [0, 0.1) is 0 Å². The number of nitrogens with one attached hydrogen (secondary N) is 2. The van der Waals surface area contributed by atoms with Crippen LogP contribution in [0.15, 0.2) is 60.0 Å². The number of H-pyrrole nitrogens is 1. The summed E-state index contributed by atoms with van der Waals surface area (Å²) in [6, 6.07) is 16.5. The Morgan fingerprint density at radius 2 is 2.00 bits per heavy atom. The molecule has 178 valence electrons. The molecule has 0 aliphatic carbocycles. The van der Waals surface area contributed by atoms with Gasteiger partial charge in [-0.2, -0.15) is 0 Å². The van der Waals surface area contributed by atoms with E-state index in [0.717, 1.165) is 34.1 Å². The van der Waals surface area contributed by atoms with Crippen molar-refractivity contribution < 1.29 is 19.1 Å². The molecule has 2 aromatic carbocycles. The molecule has 4 aromatic rings. The number of aromatic amines is 1. The van der Waals surface area contributed by atoms with E-state index < -0.39 is 12.1 Å². The minimum Gasteiger partial charge on any atom is -0.445 e. The lowest BCUT2D eigenvalue weighted by atomic mass is 10.1. The molecule has 0 unspecified atom stereocenters. The maximum atomic E-state index is 13.0. The van der Waals surface area contributed by atoms with E-state index in [9.17, 15) is 14.4 Å². The summed E-state index contributed by atoms with van der Waals surface area (Å²) in [4.78, 5) is 46.4. The Kier molecular flexibility index (Phi) is 6.33. The number of ether oxygens (including phenoxy) is 1. The largest absolute Gasteiger partial charge is 0.445 e. The fraction of sp³-hybridized carbons (Fsp3) is 0.231. The summed E-state index contributed by atoms with van der Waals surface area (Å²) in [5.41, 5.74) is 3.94. The summed E-state index contributed by atoms with van der Waals surface area (Å²) < 4.78 is 5.43. The lowest BCUT2D eigenvalue weighted by Gasteiger charge is -2.22. The molecule has 0 saturated carbocycles. The van der Waals surface area contributed by atoms with E-state index in [-0.39, 0.29) is 18.3 Å². The topological polar surface area (TPSA) is 104 Å². The van der Waals surface area contributed by atoms with Crippen LogP contribution in [0.5, 0.6) is 0 Å². The molecule has 0 spiro atoms. The second-order valence-corrected chi connectivity index (χ2v) is 9.32. The van der Waals surface area contributed by atoms with E-state index in [2.05, 4.69) is 15.3 Å². The Balaban J connectivity index is 1.24. The minimum atomic E-state index is -0.591. The summed E-state index contributed by atoms with van der Waals surface area (Å²) in [6.07, 6.45) is 0.823. The van der Waals surface area contributed by atoms with Crippen molar-refractivity contribution >= 4 is 45.2 Å². The number of aromatic nitrogens is 2. The van der Waals surface area contributed by atoms with Gasteiger partial charge in [-0.25, -0.2) is 9.78 Å². The number of thiazole rings is 1. The summed E-state index contributed by atoms with van der Waals surface area (Å²) in [5.74, 6) is -0.293. The highest BCUT2D eigenvalue weighted by Crippen LogP contribution is 2.29. The Hall–Kier alpha value is -3.98. The normalized spacial score (nSPS) is 15.3. The molecule has 1 aliphatic heterocycles. The summed E-state index contributed by atoms with van der Waals surface area (Å²) >= 11 is 1.32. The van der Waals surface area contributed by atoms with Crippen LogP contribution in [-0.2, 0) is 16.1 Å². The molecule has 3 heterocycles. The molecule has 5 rings (SSSR count). The number of hydrogen-bond acceptors (Lipinski definition) is 6. The van der Waals surface area contributed by atoms with Gasteiger partial charge in [0.1, 0.15) is 12.6 Å². The smallest absolute Gasteiger partial charge is 0.410 e. The molecule has 1 saturated heterocycles. The zero-order valence-electron chi connectivity index (χ0n) is 19.1. The highest BCUT2D eigenvalue weighted by molar-refractivity contribution is 7.14. The van der Waals surface area contributed by atoms with E-state index in [1.165, 1.54) is 23.2 Å². The van der Waals surface area contributed by atoms with Crippen LogP contribution in [0.4, 0.5) is 9.93 Å². The molecule has 35 heavy (non-hydrogen) atoms. The lowest BCUT2D eigenvalue weighted by Crippen LogP contribution is -2.43. The Labute approximate surface area is 205 Å². The molecule has 2 N–H and O–H groups in total. The van der Waals surface area contributed by atoms with Crippen molar-refractivity contribution in [1.82, 2.24) is 14.9 Å². The number of rotatable bonds is 6. The molecule has 8 nitrogen and oxygen atoms in total. The van der Waals surface area contributed by atoms with Crippen LogP contribution in [0.1, 0.15) is 35.8 Å². The standard InChI is InChI=1S/C26H24N4O4S/c1-16(31)21-13-19-12-18(9-10-20(19)27-21)22-15-35-25(28-22)29-24(32)23-8-5-11-30(23)26(33)34-14-17-6-3-2-4-7-17/h2-4,6-7,9-10,12-13,15,23,27H,5,8,11,14H2,1H3,(H,28,29,32)/t23-/m1/s1. The van der Waals surface area contributed by atoms with E-state index in [4.69, 9.17) is 4.74 Å². The molecule has 2 amide bonds. The van der Waals surface area contributed by atoms with Gasteiger partial charge in [-0.1, -0.05) is 36.4 Å². The maximum Gasteiger partial charge on any atom is 0.410 e. The Morgan fingerprint density at radius 3 is 2.80 bits per heavy atom. The minimum absolute atomic E-state index is 0.0219. The number of carbonyl (C=O) groups is 3. The van der Waals surface area contributed by atoms with Crippen LogP contribution in [0.25, 0.3) is 22.2 Å². The van der Waals surface area contributed by atoms with Gasteiger partial charge >= 0.3 is 6.09 Å². The van der Waals surface area contributed by atoms with E-state index in [1.807, 2.05) is 60.0 Å². The van der Waals surface area contributed by atoms with Gasteiger partial charge in [0, 0.05) is 35.3 Å². The number of carbonyl (C=O) groups excluding carboxylic acids is 3. The van der Waals surface area contributed by atoms with Gasteiger partial charge in [-0.05, 0) is 36.6 Å². The molecular weight excluding hydrogens is 464 g/mol. The molecule has 1 aliphatic rings. The van der Waals surface area contributed by atoms with Crippen molar-refractivity contribution in [2.24, 2.45) is 0 Å². The molecule has 2 aromatic heterocycles. The van der Waals surface area contributed by atoms with Gasteiger partial charge < -0.3 is 15.0 Å². The number of hydrogen-bond donors (Lipinski definition) is 2. The van der Waals surface area contributed by atoms with E-state index in [0.29, 0.717) is 23.8 Å². The van der Waals surface area contributed by atoms with Gasteiger partial charge in [0.15, 0.2) is 10.9 Å². The fourth-order valence-electron chi connectivity index (χ4n) is 4.19. The van der Waals surface area contributed by atoms with Gasteiger partial charge in [0.05, 0.1) is 11.4 Å². The first-order valence-corrected chi connectivity index (χ1v) is 12.2. The fourth-order valence-corrected chi connectivity index (χ4v) is 4.92. The van der Waals surface area contributed by atoms with Crippen LogP contribution in [0.3, 0.4) is 0 Å². The molecular formula is C26H24N4O4S. The van der Waals surface area contributed by atoms with Crippen LogP contribution >= 0.6 is 11.3 Å². The van der Waals surface area contributed by atoms with Gasteiger partial charge in [-0.3, -0.25) is 14.5 Å². The molecule has 9 heteroatoms. The first-order valence-electron chi connectivity index (χ1n) is 11.4. The number of ketones is 1. The molecule has 0 radical (unpaired) electrons. The van der Waals surface area contributed by atoms with Gasteiger partial charge in [-0.15, -0.1) is 11.3 Å². The summed E-state index contributed by atoms with van der Waals surface area (Å²) in [6.45, 7) is 2.17. The van der Waals surface area contributed by atoms with Crippen LogP contribution in [0.2, 0.25) is 0 Å². The van der Waals surface area contributed by atoms with Crippen molar-refractivity contribution in [3.63, 3.8) is 0 Å². The first kappa shape index (κ1) is 22.8. The quantitative estimate of drug-likeness (QED) is 0.362. The highest BCUT2D eigenvalue weighted by atomic mass is 32.1. The number of amides is 2. The third-order valence-corrected chi connectivity index (χ3v) is 6.78. The Bertz CT molecular complexity index is 1390. The third kappa shape index (κ3) is 4.95. The predicted octanol–water partition coefficient (Wildman–Crippen LogP) is 5.23. The second-order valence-electron chi connectivity index (χ2n) is 8.46. The van der Waals surface area contributed by atoms with Crippen molar-refractivity contribution in [1.29, 1.82) is 0 Å². The van der Waals surface area contributed by atoms with E-state index >= 15 is 0 Å². The first-order chi connectivity index (χ1) is 17.0. The van der Waals surface area contributed by atoms with E-state index in [1.54, 1.807) is 0 Å².